The number of furan rings is 1. The maximum atomic E-state index is 13.2. The Balaban J connectivity index is 1.46. The molecule has 5 aromatic rings. The number of pyridine rings is 1. The molecule has 0 fully saturated rings. The first-order valence-electron chi connectivity index (χ1n) is 10.3. The summed E-state index contributed by atoms with van der Waals surface area (Å²) in [6.45, 7) is 1.67. The molecular weight excluding hydrogens is 436 g/mol. The molecule has 0 bridgehead atoms. The summed E-state index contributed by atoms with van der Waals surface area (Å²) in [4.78, 5) is 30.0. The van der Waals surface area contributed by atoms with E-state index in [0.29, 0.717) is 28.5 Å². The lowest BCUT2D eigenvalue weighted by molar-refractivity contribution is -0.138. The lowest BCUT2D eigenvalue weighted by Crippen LogP contribution is -2.18. The molecule has 168 valence electrons. The van der Waals surface area contributed by atoms with Crippen molar-refractivity contribution in [1.82, 2.24) is 29.6 Å². The van der Waals surface area contributed by atoms with Gasteiger partial charge < -0.3 is 9.15 Å². The van der Waals surface area contributed by atoms with E-state index in [0.717, 1.165) is 5.56 Å². The molecular formula is C24H18N6O4. The van der Waals surface area contributed by atoms with Crippen molar-refractivity contribution in [3.05, 3.63) is 100 Å². The number of fused-ring (bicyclic) bond motifs is 1. The fraction of sp³-hybridized carbons (Fsp3) is 0.0833. The minimum atomic E-state index is -0.716. The molecule has 1 aromatic carbocycles. The van der Waals surface area contributed by atoms with Gasteiger partial charge in [-0.15, -0.1) is 5.10 Å². The molecule has 0 saturated carbocycles. The third kappa shape index (κ3) is 4.24. The van der Waals surface area contributed by atoms with Crippen LogP contribution in [0.5, 0.6) is 0 Å². The number of rotatable bonds is 6. The van der Waals surface area contributed by atoms with E-state index in [1.54, 1.807) is 24.4 Å². The smallest absolute Gasteiger partial charge is 0.357 e. The van der Waals surface area contributed by atoms with Crippen LogP contribution in [0.25, 0.3) is 28.8 Å². The number of nitrogens with zero attached hydrogens (tertiary/aromatic N) is 6. The fourth-order valence-corrected chi connectivity index (χ4v) is 3.38. The summed E-state index contributed by atoms with van der Waals surface area (Å²) in [7, 11) is 0. The van der Waals surface area contributed by atoms with Crippen LogP contribution in [0.2, 0.25) is 0 Å². The first-order chi connectivity index (χ1) is 16.6. The summed E-state index contributed by atoms with van der Waals surface area (Å²) >= 11 is 0. The van der Waals surface area contributed by atoms with Gasteiger partial charge in [0, 0.05) is 23.9 Å². The number of hydrogen-bond donors (Lipinski definition) is 0. The highest BCUT2D eigenvalue weighted by molar-refractivity contribution is 6.15. The molecule has 0 saturated heterocycles. The van der Waals surface area contributed by atoms with Crippen molar-refractivity contribution in [2.45, 2.75) is 13.5 Å². The van der Waals surface area contributed by atoms with Gasteiger partial charge in [-0.05, 0) is 41.1 Å². The third-order valence-corrected chi connectivity index (χ3v) is 4.97. The van der Waals surface area contributed by atoms with Crippen LogP contribution in [0, 0.1) is 6.92 Å². The van der Waals surface area contributed by atoms with E-state index in [4.69, 9.17) is 9.15 Å². The van der Waals surface area contributed by atoms with Crippen LogP contribution in [0.4, 0.5) is 0 Å². The van der Waals surface area contributed by atoms with Gasteiger partial charge in [0.25, 0.3) is 5.56 Å². The topological polar surface area (TPSA) is 117 Å². The van der Waals surface area contributed by atoms with Gasteiger partial charge in [0.05, 0.1) is 12.0 Å². The lowest BCUT2D eigenvalue weighted by atomic mass is 10.2. The van der Waals surface area contributed by atoms with E-state index >= 15 is 0 Å². The fourth-order valence-electron chi connectivity index (χ4n) is 3.38. The van der Waals surface area contributed by atoms with E-state index in [1.807, 2.05) is 43.3 Å². The standard InChI is InChI=1S/C24H18N6O4/c1-16-9-10-21-25-18(12-22(31)29(21)14-16)15-34-24(32)20(13-19-8-5-11-33-19)30-23(26-27-28-30)17-6-3-2-4-7-17/h2-14H,15H2,1H3. The molecule has 0 spiro atoms. The third-order valence-electron chi connectivity index (χ3n) is 4.97. The van der Waals surface area contributed by atoms with Gasteiger partial charge in [0.2, 0.25) is 0 Å². The molecule has 0 aliphatic heterocycles. The normalized spacial score (nSPS) is 11.6. The number of benzene rings is 1. The van der Waals surface area contributed by atoms with Gasteiger partial charge in [-0.3, -0.25) is 9.20 Å². The Morgan fingerprint density at radius 3 is 2.76 bits per heavy atom. The molecule has 4 aromatic heterocycles. The first kappa shape index (κ1) is 21.0. The minimum Gasteiger partial charge on any atom is -0.465 e. The second kappa shape index (κ2) is 8.94. The van der Waals surface area contributed by atoms with Gasteiger partial charge in [-0.1, -0.05) is 36.4 Å². The van der Waals surface area contributed by atoms with Crippen LogP contribution >= 0.6 is 0 Å². The Bertz CT molecular complexity index is 1550. The molecule has 0 unspecified atom stereocenters. The van der Waals surface area contributed by atoms with Crippen LogP contribution in [0.1, 0.15) is 17.0 Å². The number of esters is 1. The van der Waals surface area contributed by atoms with Crippen LogP contribution in [0.15, 0.2) is 82.3 Å². The SMILES string of the molecule is Cc1ccc2nc(COC(=O)C(=Cc3ccco3)n3nnnc3-c3ccccc3)cc(=O)n2c1. The second-order valence-electron chi connectivity index (χ2n) is 7.42. The molecule has 0 aliphatic carbocycles. The van der Waals surface area contributed by atoms with Gasteiger partial charge in [-0.25, -0.2) is 9.78 Å². The average Bonchev–Trinajstić information content (AvgIpc) is 3.54. The van der Waals surface area contributed by atoms with Crippen molar-refractivity contribution in [3.63, 3.8) is 0 Å². The quantitative estimate of drug-likeness (QED) is 0.284. The zero-order valence-electron chi connectivity index (χ0n) is 18.0. The van der Waals surface area contributed by atoms with Crippen LogP contribution < -0.4 is 5.56 Å². The van der Waals surface area contributed by atoms with E-state index in [2.05, 4.69) is 20.5 Å². The molecule has 0 atom stereocenters. The molecule has 0 radical (unpaired) electrons. The zero-order chi connectivity index (χ0) is 23.5. The Hall–Kier alpha value is -4.86. The number of hydrogen-bond acceptors (Lipinski definition) is 8. The Labute approximate surface area is 192 Å². The predicted molar refractivity (Wildman–Crippen MR) is 122 cm³/mol. The molecule has 10 heteroatoms. The summed E-state index contributed by atoms with van der Waals surface area (Å²) in [6.07, 6.45) is 4.67. The Morgan fingerprint density at radius 2 is 1.97 bits per heavy atom. The molecule has 0 N–H and O–H groups in total. The molecule has 5 rings (SSSR count). The number of aromatic nitrogens is 6. The van der Waals surface area contributed by atoms with Gasteiger partial charge in [-0.2, -0.15) is 4.68 Å². The summed E-state index contributed by atoms with van der Waals surface area (Å²) in [5.74, 6) is 0.0542. The average molecular weight is 454 g/mol. The highest BCUT2D eigenvalue weighted by Crippen LogP contribution is 2.21. The van der Waals surface area contributed by atoms with E-state index in [1.165, 1.54) is 27.5 Å². The molecule has 34 heavy (non-hydrogen) atoms. The van der Waals surface area contributed by atoms with Crippen molar-refractivity contribution < 1.29 is 13.9 Å². The lowest BCUT2D eigenvalue weighted by Gasteiger charge is -2.10. The Morgan fingerprint density at radius 1 is 1.12 bits per heavy atom. The van der Waals surface area contributed by atoms with Crippen LogP contribution in [-0.2, 0) is 16.1 Å². The maximum absolute atomic E-state index is 13.2. The maximum Gasteiger partial charge on any atom is 0.357 e. The first-order valence-corrected chi connectivity index (χ1v) is 10.3. The number of carbonyl (C=O) groups is 1. The molecule has 4 heterocycles. The molecule has 0 amide bonds. The van der Waals surface area contributed by atoms with Gasteiger partial charge in [0.1, 0.15) is 18.0 Å². The second-order valence-corrected chi connectivity index (χ2v) is 7.42. The largest absolute Gasteiger partial charge is 0.465 e. The highest BCUT2D eigenvalue weighted by atomic mass is 16.5. The summed E-state index contributed by atoms with van der Waals surface area (Å²) < 4.78 is 13.6. The van der Waals surface area contributed by atoms with Crippen molar-refractivity contribution in [2.75, 3.05) is 0 Å². The van der Waals surface area contributed by atoms with Crippen molar-refractivity contribution >= 4 is 23.4 Å². The molecule has 0 aliphatic rings. The van der Waals surface area contributed by atoms with Crippen LogP contribution in [0.3, 0.4) is 0 Å². The number of carbonyl (C=O) groups excluding carboxylic acids is 1. The van der Waals surface area contributed by atoms with Crippen molar-refractivity contribution in [3.8, 4) is 11.4 Å². The highest BCUT2D eigenvalue weighted by Gasteiger charge is 2.21. The van der Waals surface area contributed by atoms with E-state index < -0.39 is 5.97 Å². The predicted octanol–water partition coefficient (Wildman–Crippen LogP) is 2.99. The minimum absolute atomic E-state index is 0.0342. The van der Waals surface area contributed by atoms with Crippen LogP contribution in [-0.4, -0.2) is 35.6 Å². The van der Waals surface area contributed by atoms with Gasteiger partial charge >= 0.3 is 5.97 Å². The zero-order valence-corrected chi connectivity index (χ0v) is 18.0. The van der Waals surface area contributed by atoms with E-state index in [9.17, 15) is 9.59 Å². The summed E-state index contributed by atoms with van der Waals surface area (Å²) in [5.41, 5.74) is 2.19. The summed E-state index contributed by atoms with van der Waals surface area (Å²) in [5, 5.41) is 11.8. The number of ether oxygens (including phenoxy) is 1. The monoisotopic (exact) mass is 454 g/mol. The Kier molecular flexibility index (Phi) is 5.53. The van der Waals surface area contributed by atoms with Crippen molar-refractivity contribution in [2.24, 2.45) is 0 Å². The van der Waals surface area contributed by atoms with Crippen molar-refractivity contribution in [1.29, 1.82) is 0 Å². The number of tetrazole rings is 1. The number of aryl methyl sites for hydroxylation is 1. The molecule has 10 nitrogen and oxygen atoms in total. The van der Waals surface area contributed by atoms with E-state index in [-0.39, 0.29) is 17.9 Å². The van der Waals surface area contributed by atoms with Gasteiger partial charge in [0.15, 0.2) is 11.5 Å². The summed E-state index contributed by atoms with van der Waals surface area (Å²) in [6, 6.07) is 17.5.